The molecule has 0 amide bonds. The van der Waals surface area contributed by atoms with Crippen LogP contribution in [0.2, 0.25) is 0 Å². The lowest BCUT2D eigenvalue weighted by Crippen LogP contribution is -2.86. The first kappa shape index (κ1) is 42.1. The van der Waals surface area contributed by atoms with Crippen molar-refractivity contribution in [3.8, 4) is 0 Å². The molecule has 0 aromatic heterocycles. The van der Waals surface area contributed by atoms with Crippen molar-refractivity contribution in [3.63, 3.8) is 0 Å². The summed E-state index contributed by atoms with van der Waals surface area (Å²) in [5.74, 6) is -6.74. The zero-order chi connectivity index (χ0) is 44.7. The van der Waals surface area contributed by atoms with Gasteiger partial charge in [0, 0.05) is 34.5 Å². The third-order valence-corrected chi connectivity index (χ3v) is 18.7. The van der Waals surface area contributed by atoms with Gasteiger partial charge in [-0.15, -0.1) is 0 Å². The SMILES string of the molecule is C=C1C(=O)[C@@]23[C@@H]4OC(C)(C)O[C@@]25OC[C@]2(C=CCC(C)(C)[C@H]2[C@@H]5O)[C@@H]3CC[C@@H]14.C=C1C(=O)[C@]23[C@H](O)[C@H]1CC[C@H]2[C@@]12CO[C@@]3(O)[C@@H](O)[C@@H]1C(C)(C)CC[C@@H]2OS(C)(=O)=O.[2H]CF. The third kappa shape index (κ3) is 4.61. The summed E-state index contributed by atoms with van der Waals surface area (Å²) in [5.41, 5.74) is -3.89. The lowest BCUT2D eigenvalue weighted by atomic mass is 9.35. The van der Waals surface area contributed by atoms with E-state index in [9.17, 15) is 42.8 Å². The van der Waals surface area contributed by atoms with Crippen LogP contribution < -0.4 is 0 Å². The lowest BCUT2D eigenvalue weighted by molar-refractivity contribution is -0.523. The van der Waals surface area contributed by atoms with Gasteiger partial charge < -0.3 is 39.4 Å². The van der Waals surface area contributed by atoms with Crippen LogP contribution in [-0.4, -0.2) is 115 Å². The fourth-order valence-electron chi connectivity index (χ4n) is 16.6. The molecule has 334 valence electrons. The molecule has 8 bridgehead atoms. The molecule has 7 saturated carbocycles. The maximum absolute atomic E-state index is 13.9. The molecule has 8 aliphatic carbocycles. The number of ketones is 2. The van der Waals surface area contributed by atoms with E-state index in [-0.39, 0.29) is 52.7 Å². The fraction of sp³-hybridized carbons (Fsp3) is 0.822. The van der Waals surface area contributed by atoms with Crippen LogP contribution in [0.25, 0.3) is 0 Å². The van der Waals surface area contributed by atoms with Crippen molar-refractivity contribution in [2.75, 3.05) is 26.6 Å². The molecule has 13 rings (SSSR count). The second-order valence-corrected chi connectivity index (χ2v) is 23.4. The van der Waals surface area contributed by atoms with Gasteiger partial charge in [0.15, 0.2) is 17.4 Å². The number of hydrogen-bond acceptors (Lipinski definition) is 13. The second-order valence-electron chi connectivity index (χ2n) is 21.8. The highest BCUT2D eigenvalue weighted by atomic mass is 32.2. The van der Waals surface area contributed by atoms with Crippen molar-refractivity contribution < 1.29 is 67.3 Å². The van der Waals surface area contributed by atoms with E-state index in [0.717, 1.165) is 25.5 Å². The first-order chi connectivity index (χ1) is 28.2. The van der Waals surface area contributed by atoms with Gasteiger partial charge in [-0.25, -0.2) is 0 Å². The van der Waals surface area contributed by atoms with Crippen molar-refractivity contribution in [2.24, 2.45) is 68.0 Å². The molecule has 4 N–H and O–H groups in total. The molecule has 5 heterocycles. The van der Waals surface area contributed by atoms with Gasteiger partial charge in [0.1, 0.15) is 23.0 Å². The standard InChI is InChI=1S/C23H30O5.C21H30O8S.CH3F/c1-12-13-7-8-14-21-10-6-9-19(2,3)15(21)17(25)23(26-11-21)22(14,16(12)24)18(13)27-20(4,5)28-23;1-10-11-5-6-12-19-9-28-21(25,20(12,15(10)22)16(11)23)17(24)14(19)18(2,3)8-7-13(19)29-30(4,26)27;1-2/h6,10,13-15,17-18,25H,1,7-9,11H2,2-5H3;11-14,16-17,23-25H,1,5-9H2,2-4H3;1H3/t13-,14-,15+,17-,18+,21+,22-,23+;11-,12-,13-,14+,16+,17-,19+,20-,21-;/m00./s1/i;;1D. The minimum absolute atomic E-state index is 0.00569. The Morgan fingerprint density at radius 3 is 2.12 bits per heavy atom. The average molecular weight is 864 g/mol. The van der Waals surface area contributed by atoms with Crippen molar-refractivity contribution in [3.05, 3.63) is 36.5 Å². The summed E-state index contributed by atoms with van der Waals surface area (Å²) in [5, 5.41) is 46.4. The molecular formula is C45H63FO13S. The number of aliphatic hydroxyl groups excluding tert-OH is 3. The number of ether oxygens (including phenoxy) is 4. The van der Waals surface area contributed by atoms with Crippen molar-refractivity contribution in [1.29, 1.82) is 0 Å². The first-order valence-electron chi connectivity index (χ1n) is 22.2. The molecule has 0 aromatic carbocycles. The van der Waals surface area contributed by atoms with E-state index in [0.29, 0.717) is 37.9 Å². The van der Waals surface area contributed by atoms with Crippen LogP contribution in [0.5, 0.6) is 0 Å². The Morgan fingerprint density at radius 2 is 1.45 bits per heavy atom. The predicted octanol–water partition coefficient (Wildman–Crippen LogP) is 3.92. The van der Waals surface area contributed by atoms with Crippen LogP contribution in [0, 0.1) is 68.0 Å². The molecule has 13 nitrogen and oxygen atoms in total. The van der Waals surface area contributed by atoms with Crippen molar-refractivity contribution in [1.82, 2.24) is 0 Å². The summed E-state index contributed by atoms with van der Waals surface area (Å²) < 4.78 is 70.6. The molecule has 0 unspecified atom stereocenters. The highest BCUT2D eigenvalue weighted by Gasteiger charge is 2.90. The van der Waals surface area contributed by atoms with Crippen LogP contribution in [0.15, 0.2) is 36.5 Å². The van der Waals surface area contributed by atoms with E-state index in [1.807, 2.05) is 27.7 Å². The minimum Gasteiger partial charge on any atom is -0.391 e. The van der Waals surface area contributed by atoms with Crippen LogP contribution in [0.3, 0.4) is 0 Å². The van der Waals surface area contributed by atoms with Crippen LogP contribution in [0.4, 0.5) is 4.39 Å². The van der Waals surface area contributed by atoms with E-state index in [4.69, 9.17) is 24.5 Å². The largest absolute Gasteiger partial charge is 0.391 e. The number of alkyl halides is 1. The van der Waals surface area contributed by atoms with Crippen molar-refractivity contribution in [2.45, 2.75) is 134 Å². The van der Waals surface area contributed by atoms with Crippen LogP contribution >= 0.6 is 0 Å². The number of rotatable bonds is 2. The Labute approximate surface area is 353 Å². The summed E-state index contributed by atoms with van der Waals surface area (Å²) >= 11 is 0. The Bertz CT molecular complexity index is 2110. The Hall–Kier alpha value is -1.92. The molecule has 60 heavy (non-hydrogen) atoms. The number of carbonyl (C=O) groups excluding carboxylic acids is 2. The van der Waals surface area contributed by atoms with E-state index in [2.05, 4.69) is 39.2 Å². The van der Waals surface area contributed by atoms with E-state index in [1.54, 1.807) is 0 Å². The zero-order valence-electron chi connectivity index (χ0n) is 36.7. The van der Waals surface area contributed by atoms with Gasteiger partial charge in [-0.3, -0.25) is 18.2 Å². The Balaban J connectivity index is 0.000000147. The van der Waals surface area contributed by atoms with Gasteiger partial charge in [-0.05, 0) is 92.6 Å². The summed E-state index contributed by atoms with van der Waals surface area (Å²) in [7, 11) is -4.83. The highest BCUT2D eigenvalue weighted by Crippen LogP contribution is 2.79. The van der Waals surface area contributed by atoms with Gasteiger partial charge >= 0.3 is 0 Å². The number of Topliss-reactive ketones (excluding diaryl/α,β-unsaturated/α-hetero) is 2. The van der Waals surface area contributed by atoms with Gasteiger partial charge in [0.25, 0.3) is 10.1 Å². The van der Waals surface area contributed by atoms with Gasteiger partial charge in [-0.1, -0.05) is 53.0 Å². The van der Waals surface area contributed by atoms with Crippen LogP contribution in [-0.2, 0) is 42.8 Å². The first-order valence-corrected chi connectivity index (χ1v) is 23.3. The van der Waals surface area contributed by atoms with Crippen LogP contribution in [0.1, 0.15) is 87.9 Å². The van der Waals surface area contributed by atoms with Gasteiger partial charge in [-0.2, -0.15) is 8.42 Å². The molecule has 5 aliphatic heterocycles. The maximum atomic E-state index is 13.9. The molecule has 5 spiro atoms. The minimum atomic E-state index is -3.83. The molecule has 0 aromatic rings. The monoisotopic (exact) mass is 863 g/mol. The second kappa shape index (κ2) is 12.7. The molecule has 13 aliphatic rings. The number of halogens is 1. The summed E-state index contributed by atoms with van der Waals surface area (Å²) in [4.78, 5) is 27.4. The predicted molar refractivity (Wildman–Crippen MR) is 212 cm³/mol. The molecule has 17 atom stereocenters. The number of carbonyl (C=O) groups is 2. The van der Waals surface area contributed by atoms with E-state index >= 15 is 0 Å². The smallest absolute Gasteiger partial charge is 0.264 e. The number of hydrogen-bond donors (Lipinski definition) is 4. The van der Waals surface area contributed by atoms with Crippen molar-refractivity contribution >= 4 is 21.7 Å². The lowest BCUT2D eigenvalue weighted by Gasteiger charge is -2.76. The van der Waals surface area contributed by atoms with E-state index in [1.165, 1.54) is 0 Å². The van der Waals surface area contributed by atoms with Gasteiger partial charge in [0.05, 0.1) is 46.3 Å². The molecule has 12 fully saturated rings. The molecular weight excluding hydrogens is 800 g/mol. The molecule has 15 heteroatoms. The Kier molecular flexibility index (Phi) is 8.87. The quantitative estimate of drug-likeness (QED) is 0.178. The molecule has 5 saturated heterocycles. The number of fused-ring (bicyclic) bond motifs is 3. The summed E-state index contributed by atoms with van der Waals surface area (Å²) in [6.07, 6.45) is 5.36. The maximum Gasteiger partial charge on any atom is 0.264 e. The summed E-state index contributed by atoms with van der Waals surface area (Å²) in [6, 6.07) is 0. The van der Waals surface area contributed by atoms with E-state index < -0.39 is 104 Å². The Morgan fingerprint density at radius 1 is 0.833 bits per heavy atom. The fourth-order valence-corrected chi connectivity index (χ4v) is 17.3. The normalized spacial score (nSPS) is 54.0. The highest BCUT2D eigenvalue weighted by molar-refractivity contribution is 7.86. The third-order valence-electron chi connectivity index (χ3n) is 18.2. The average Bonchev–Trinajstić information content (AvgIpc) is 3.32. The zero-order valence-corrected chi connectivity index (χ0v) is 36.6. The summed E-state index contributed by atoms with van der Waals surface area (Å²) in [6.45, 7) is 20.6. The molecule has 0 radical (unpaired) electrons. The number of allylic oxidation sites excluding steroid dienone is 1. The topological polar surface area (TPSA) is 195 Å². The van der Waals surface area contributed by atoms with Gasteiger partial charge in [0.2, 0.25) is 11.6 Å². The number of aliphatic hydroxyl groups is 4.